The van der Waals surface area contributed by atoms with Crippen molar-refractivity contribution in [3.05, 3.63) is 29.8 Å². The normalized spacial score (nSPS) is 27.3. The first-order valence-electron chi connectivity index (χ1n) is 9.02. The van der Waals surface area contributed by atoms with Crippen LogP contribution in [0.15, 0.2) is 24.3 Å². The molecule has 1 aliphatic heterocycles. The minimum Gasteiger partial charge on any atom is -0.353 e. The summed E-state index contributed by atoms with van der Waals surface area (Å²) in [5, 5.41) is 3.12. The Morgan fingerprint density at radius 1 is 1.21 bits per heavy atom. The van der Waals surface area contributed by atoms with Crippen molar-refractivity contribution in [1.29, 1.82) is 0 Å². The molecule has 0 radical (unpaired) electrons. The molecule has 1 aliphatic carbocycles. The second-order valence-corrected chi connectivity index (χ2v) is 7.05. The molecule has 1 aromatic carbocycles. The fraction of sp³-hybridized carbons (Fsp3) is 0.579. The van der Waals surface area contributed by atoms with Crippen LogP contribution in [-0.4, -0.2) is 30.4 Å². The highest BCUT2D eigenvalue weighted by Crippen LogP contribution is 2.26. The van der Waals surface area contributed by atoms with Crippen LogP contribution in [-0.2, 0) is 16.0 Å². The van der Waals surface area contributed by atoms with Gasteiger partial charge in [0.2, 0.25) is 11.8 Å². The molecule has 130 valence electrons. The molecular formula is C19H27N3O2. The quantitative estimate of drug-likeness (QED) is 0.887. The molecule has 3 N–H and O–H groups in total. The van der Waals surface area contributed by atoms with E-state index in [2.05, 4.69) is 12.2 Å². The summed E-state index contributed by atoms with van der Waals surface area (Å²) in [5.74, 6) is -0.208. The zero-order valence-electron chi connectivity index (χ0n) is 14.3. The molecule has 3 rings (SSSR count). The van der Waals surface area contributed by atoms with Crippen molar-refractivity contribution in [3.63, 3.8) is 0 Å². The van der Waals surface area contributed by atoms with E-state index in [1.807, 2.05) is 24.3 Å². The molecule has 0 bridgehead atoms. The Balaban J connectivity index is 1.58. The maximum atomic E-state index is 12.5. The van der Waals surface area contributed by atoms with Crippen LogP contribution in [0, 0.1) is 5.92 Å². The van der Waals surface area contributed by atoms with Crippen LogP contribution in [0.5, 0.6) is 0 Å². The summed E-state index contributed by atoms with van der Waals surface area (Å²) in [6.45, 7) is 2.58. The third kappa shape index (κ3) is 3.78. The molecular weight excluding hydrogens is 302 g/mol. The summed E-state index contributed by atoms with van der Waals surface area (Å²) in [6.07, 6.45) is 5.08. The Labute approximate surface area is 143 Å². The molecule has 1 unspecified atom stereocenters. The number of carbonyl (C=O) groups is 2. The van der Waals surface area contributed by atoms with Crippen molar-refractivity contribution < 1.29 is 9.59 Å². The van der Waals surface area contributed by atoms with Gasteiger partial charge < -0.3 is 16.0 Å². The number of hydrogen-bond acceptors (Lipinski definition) is 3. The number of carbonyl (C=O) groups excluding carboxylic acids is 2. The fourth-order valence-corrected chi connectivity index (χ4v) is 3.63. The smallest absolute Gasteiger partial charge is 0.227 e. The first-order chi connectivity index (χ1) is 11.6. The molecule has 1 atom stereocenters. The summed E-state index contributed by atoms with van der Waals surface area (Å²) in [5.41, 5.74) is 8.04. The van der Waals surface area contributed by atoms with Crippen molar-refractivity contribution in [2.24, 2.45) is 11.7 Å². The van der Waals surface area contributed by atoms with Gasteiger partial charge in [-0.25, -0.2) is 0 Å². The molecule has 1 heterocycles. The Morgan fingerprint density at radius 3 is 2.50 bits per heavy atom. The number of nitrogens with two attached hydrogens (primary N) is 1. The van der Waals surface area contributed by atoms with Gasteiger partial charge in [-0.2, -0.15) is 0 Å². The van der Waals surface area contributed by atoms with E-state index in [1.54, 1.807) is 4.90 Å². The van der Waals surface area contributed by atoms with Crippen molar-refractivity contribution in [2.45, 2.75) is 57.5 Å². The van der Waals surface area contributed by atoms with Gasteiger partial charge in [0.1, 0.15) is 0 Å². The lowest BCUT2D eigenvalue weighted by Gasteiger charge is -2.27. The predicted octanol–water partition coefficient (Wildman–Crippen LogP) is 1.99. The lowest BCUT2D eigenvalue weighted by molar-refractivity contribution is -0.127. The predicted molar refractivity (Wildman–Crippen MR) is 94.7 cm³/mol. The number of nitrogens with one attached hydrogen (secondary N) is 1. The number of hydrogen-bond donors (Lipinski definition) is 2. The number of rotatable bonds is 4. The molecule has 2 fully saturated rings. The van der Waals surface area contributed by atoms with Crippen LogP contribution in [0.25, 0.3) is 0 Å². The topological polar surface area (TPSA) is 75.4 Å². The molecule has 1 aromatic rings. The average molecular weight is 329 g/mol. The van der Waals surface area contributed by atoms with Crippen molar-refractivity contribution in [2.75, 3.05) is 11.4 Å². The summed E-state index contributed by atoms with van der Waals surface area (Å²) in [7, 11) is 0. The van der Waals surface area contributed by atoms with Gasteiger partial charge in [0.15, 0.2) is 0 Å². The zero-order chi connectivity index (χ0) is 17.1. The number of anilines is 1. The summed E-state index contributed by atoms with van der Waals surface area (Å²) < 4.78 is 0. The monoisotopic (exact) mass is 329 g/mol. The molecule has 5 heteroatoms. The van der Waals surface area contributed by atoms with Gasteiger partial charge in [-0.05, 0) is 49.8 Å². The van der Waals surface area contributed by atoms with Gasteiger partial charge in [-0.1, -0.05) is 19.1 Å². The summed E-state index contributed by atoms with van der Waals surface area (Å²) >= 11 is 0. The molecule has 0 spiro atoms. The SMILES string of the molecule is CCc1ccc(N2CC(C(=O)NC3CCC(N)CC3)CC2=O)cc1. The first-order valence-corrected chi connectivity index (χ1v) is 9.02. The van der Waals surface area contributed by atoms with Crippen LogP contribution >= 0.6 is 0 Å². The van der Waals surface area contributed by atoms with Gasteiger partial charge in [-0.3, -0.25) is 9.59 Å². The van der Waals surface area contributed by atoms with Gasteiger partial charge in [0, 0.05) is 30.7 Å². The highest BCUT2D eigenvalue weighted by Gasteiger charge is 2.36. The van der Waals surface area contributed by atoms with E-state index < -0.39 is 0 Å². The van der Waals surface area contributed by atoms with Crippen LogP contribution in [0.3, 0.4) is 0 Å². The lowest BCUT2D eigenvalue weighted by atomic mass is 9.91. The van der Waals surface area contributed by atoms with E-state index in [0.29, 0.717) is 13.0 Å². The van der Waals surface area contributed by atoms with Crippen molar-refractivity contribution in [3.8, 4) is 0 Å². The van der Waals surface area contributed by atoms with Gasteiger partial charge in [-0.15, -0.1) is 0 Å². The minimum absolute atomic E-state index is 0.0106. The lowest BCUT2D eigenvalue weighted by Crippen LogP contribution is -2.43. The van der Waals surface area contributed by atoms with Crippen LogP contribution < -0.4 is 16.0 Å². The molecule has 0 aromatic heterocycles. The average Bonchev–Trinajstić information content (AvgIpc) is 2.99. The molecule has 2 amide bonds. The Morgan fingerprint density at radius 2 is 1.88 bits per heavy atom. The molecule has 5 nitrogen and oxygen atoms in total. The van der Waals surface area contributed by atoms with Gasteiger partial charge in [0.05, 0.1) is 5.92 Å². The van der Waals surface area contributed by atoms with Gasteiger partial charge >= 0.3 is 0 Å². The van der Waals surface area contributed by atoms with E-state index in [0.717, 1.165) is 37.8 Å². The second kappa shape index (κ2) is 7.34. The third-order valence-electron chi connectivity index (χ3n) is 5.27. The first kappa shape index (κ1) is 17.0. The number of nitrogens with zero attached hydrogens (tertiary/aromatic N) is 1. The van der Waals surface area contributed by atoms with E-state index in [-0.39, 0.29) is 29.8 Å². The van der Waals surface area contributed by atoms with E-state index in [1.165, 1.54) is 5.56 Å². The fourth-order valence-electron chi connectivity index (χ4n) is 3.63. The van der Waals surface area contributed by atoms with E-state index >= 15 is 0 Å². The number of benzene rings is 1. The Kier molecular flexibility index (Phi) is 5.19. The van der Waals surface area contributed by atoms with Crippen LogP contribution in [0.4, 0.5) is 5.69 Å². The minimum atomic E-state index is -0.251. The van der Waals surface area contributed by atoms with E-state index in [9.17, 15) is 9.59 Å². The Hall–Kier alpha value is -1.88. The van der Waals surface area contributed by atoms with Crippen LogP contribution in [0.2, 0.25) is 0 Å². The number of aryl methyl sites for hydroxylation is 1. The third-order valence-corrected chi connectivity index (χ3v) is 5.27. The number of amides is 2. The maximum absolute atomic E-state index is 12.5. The van der Waals surface area contributed by atoms with Gasteiger partial charge in [0.25, 0.3) is 0 Å². The van der Waals surface area contributed by atoms with Crippen LogP contribution in [0.1, 0.15) is 44.6 Å². The largest absolute Gasteiger partial charge is 0.353 e. The highest BCUT2D eigenvalue weighted by molar-refractivity contribution is 6.00. The second-order valence-electron chi connectivity index (χ2n) is 7.05. The van der Waals surface area contributed by atoms with E-state index in [4.69, 9.17) is 5.73 Å². The van der Waals surface area contributed by atoms with Crippen molar-refractivity contribution in [1.82, 2.24) is 5.32 Å². The summed E-state index contributed by atoms with van der Waals surface area (Å²) in [6, 6.07) is 8.51. The molecule has 24 heavy (non-hydrogen) atoms. The summed E-state index contributed by atoms with van der Waals surface area (Å²) in [4.78, 5) is 26.5. The zero-order valence-corrected chi connectivity index (χ0v) is 14.3. The molecule has 1 saturated heterocycles. The highest BCUT2D eigenvalue weighted by atomic mass is 16.2. The maximum Gasteiger partial charge on any atom is 0.227 e. The molecule has 1 saturated carbocycles. The standard InChI is InChI=1S/C19H27N3O2/c1-2-13-3-9-17(10-4-13)22-12-14(11-18(22)23)19(24)21-16-7-5-15(20)6-8-16/h3-4,9-10,14-16H,2,5-8,11-12,20H2,1H3,(H,21,24). The Bertz CT molecular complexity index is 591. The van der Waals surface area contributed by atoms with Crippen molar-refractivity contribution >= 4 is 17.5 Å². The molecule has 2 aliphatic rings.